The van der Waals surface area contributed by atoms with E-state index in [4.69, 9.17) is 10.2 Å². The van der Waals surface area contributed by atoms with E-state index in [1.807, 2.05) is 12.1 Å². The fourth-order valence-electron chi connectivity index (χ4n) is 1.26. The molecule has 2 rings (SSSR count). The number of rotatable bonds is 2. The molecule has 2 aromatic carbocycles. The van der Waals surface area contributed by atoms with Crippen LogP contribution < -0.4 is 0 Å². The average Bonchev–Trinajstić information content (AvgIpc) is 2.41. The molecule has 0 radical (unpaired) electrons. The summed E-state index contributed by atoms with van der Waals surface area (Å²) in [5, 5.41) is 15.2. The van der Waals surface area contributed by atoms with E-state index in [1.54, 1.807) is 0 Å². The third-order valence-electron chi connectivity index (χ3n) is 1.98. The van der Waals surface area contributed by atoms with Crippen LogP contribution in [-0.4, -0.2) is 34.4 Å². The van der Waals surface area contributed by atoms with Crippen molar-refractivity contribution in [2.45, 2.75) is 0 Å². The summed E-state index contributed by atoms with van der Waals surface area (Å²) in [7, 11) is 0. The standard InChI is InChI=1S/C12H10.C2H6O2.H4Si/c1-3-7-11(8-4-1)12-9-5-2-6-10-12;3-1-2-4;/h1-10H;3-4H,1-2H2;1H4. The second kappa shape index (κ2) is 9.78. The zero-order valence-electron chi connectivity index (χ0n) is 9.08. The molecular weight excluding hydrogens is 228 g/mol. The van der Waals surface area contributed by atoms with Gasteiger partial charge in [0, 0.05) is 0 Å². The van der Waals surface area contributed by atoms with Crippen molar-refractivity contribution in [3.63, 3.8) is 0 Å². The van der Waals surface area contributed by atoms with Crippen molar-refractivity contribution >= 4 is 11.0 Å². The minimum absolute atomic E-state index is 0. The van der Waals surface area contributed by atoms with Crippen LogP contribution in [0.3, 0.4) is 0 Å². The van der Waals surface area contributed by atoms with Crippen LogP contribution in [0.15, 0.2) is 60.7 Å². The lowest BCUT2D eigenvalue weighted by molar-refractivity contribution is 0.186. The van der Waals surface area contributed by atoms with Crippen LogP contribution in [0.25, 0.3) is 11.1 Å². The monoisotopic (exact) mass is 248 g/mol. The van der Waals surface area contributed by atoms with E-state index in [-0.39, 0.29) is 24.2 Å². The predicted molar refractivity (Wildman–Crippen MR) is 77.4 cm³/mol. The first kappa shape index (κ1) is 15.6. The third-order valence-corrected chi connectivity index (χ3v) is 1.98. The Morgan fingerprint density at radius 3 is 1.12 bits per heavy atom. The van der Waals surface area contributed by atoms with Gasteiger partial charge in [0.2, 0.25) is 0 Å². The van der Waals surface area contributed by atoms with Crippen molar-refractivity contribution in [3.8, 4) is 11.1 Å². The predicted octanol–water partition coefficient (Wildman–Crippen LogP) is 0.873. The van der Waals surface area contributed by atoms with Crippen molar-refractivity contribution < 1.29 is 10.2 Å². The summed E-state index contributed by atoms with van der Waals surface area (Å²) in [6.45, 7) is -0.250. The van der Waals surface area contributed by atoms with Gasteiger partial charge in [-0.2, -0.15) is 0 Å². The Hall–Kier alpha value is -1.42. The molecule has 2 N–H and O–H groups in total. The molecule has 92 valence electrons. The molecular formula is C14H20O2Si. The Morgan fingerprint density at radius 1 is 0.588 bits per heavy atom. The van der Waals surface area contributed by atoms with Gasteiger partial charge in [0.05, 0.1) is 13.2 Å². The zero-order valence-corrected chi connectivity index (χ0v) is 9.08. The smallest absolute Gasteiger partial charge is 0.0662 e. The Kier molecular flexibility index (Phi) is 8.96. The van der Waals surface area contributed by atoms with Crippen molar-refractivity contribution in [2.75, 3.05) is 13.2 Å². The van der Waals surface area contributed by atoms with Gasteiger partial charge < -0.3 is 10.2 Å². The molecule has 0 saturated heterocycles. The lowest BCUT2D eigenvalue weighted by Gasteiger charge is -1.98. The van der Waals surface area contributed by atoms with Gasteiger partial charge in [0.25, 0.3) is 0 Å². The molecule has 0 spiro atoms. The molecule has 0 saturated carbocycles. The Balaban J connectivity index is 0.000000453. The van der Waals surface area contributed by atoms with Gasteiger partial charge >= 0.3 is 0 Å². The molecule has 0 aliphatic rings. The van der Waals surface area contributed by atoms with Crippen LogP contribution in [0.1, 0.15) is 0 Å². The minimum atomic E-state index is -0.125. The summed E-state index contributed by atoms with van der Waals surface area (Å²) in [6, 6.07) is 20.8. The van der Waals surface area contributed by atoms with Crippen LogP contribution in [-0.2, 0) is 0 Å². The van der Waals surface area contributed by atoms with Gasteiger partial charge in [-0.05, 0) is 22.1 Å². The minimum Gasteiger partial charge on any atom is -0.394 e. The third kappa shape index (κ3) is 6.02. The summed E-state index contributed by atoms with van der Waals surface area (Å²) in [5.41, 5.74) is 2.55. The van der Waals surface area contributed by atoms with Crippen LogP contribution in [0.5, 0.6) is 0 Å². The fraction of sp³-hybridized carbons (Fsp3) is 0.143. The summed E-state index contributed by atoms with van der Waals surface area (Å²) >= 11 is 0. The van der Waals surface area contributed by atoms with Crippen LogP contribution in [0.4, 0.5) is 0 Å². The molecule has 0 amide bonds. The second-order valence-corrected chi connectivity index (χ2v) is 3.18. The first-order valence-corrected chi connectivity index (χ1v) is 5.20. The molecule has 2 aromatic rings. The summed E-state index contributed by atoms with van der Waals surface area (Å²) in [5.74, 6) is 0. The number of aliphatic hydroxyl groups excluding tert-OH is 2. The maximum atomic E-state index is 7.62. The summed E-state index contributed by atoms with van der Waals surface area (Å²) in [6.07, 6.45) is 0. The highest BCUT2D eigenvalue weighted by molar-refractivity contribution is 5.75. The SMILES string of the molecule is OCCO.[SiH4].c1ccc(-c2ccccc2)cc1. The number of benzene rings is 2. The van der Waals surface area contributed by atoms with E-state index in [9.17, 15) is 0 Å². The first-order chi connectivity index (χ1) is 7.88. The Bertz CT molecular complexity index is 336. The Morgan fingerprint density at radius 2 is 0.882 bits per heavy atom. The van der Waals surface area contributed by atoms with Gasteiger partial charge in [-0.1, -0.05) is 60.7 Å². The largest absolute Gasteiger partial charge is 0.394 e. The second-order valence-electron chi connectivity index (χ2n) is 3.18. The summed E-state index contributed by atoms with van der Waals surface area (Å²) in [4.78, 5) is 0. The van der Waals surface area contributed by atoms with Gasteiger partial charge in [-0.15, -0.1) is 0 Å². The highest BCUT2D eigenvalue weighted by Crippen LogP contribution is 2.17. The summed E-state index contributed by atoms with van der Waals surface area (Å²) < 4.78 is 0. The maximum Gasteiger partial charge on any atom is 0.0662 e. The molecule has 0 unspecified atom stereocenters. The highest BCUT2D eigenvalue weighted by atomic mass is 28.1. The van der Waals surface area contributed by atoms with Crippen LogP contribution >= 0.6 is 0 Å². The van der Waals surface area contributed by atoms with E-state index in [0.29, 0.717) is 0 Å². The average molecular weight is 248 g/mol. The molecule has 0 aliphatic heterocycles. The Labute approximate surface area is 107 Å². The van der Waals surface area contributed by atoms with Crippen LogP contribution in [0.2, 0.25) is 0 Å². The van der Waals surface area contributed by atoms with Crippen molar-refractivity contribution in [1.82, 2.24) is 0 Å². The fourth-order valence-corrected chi connectivity index (χ4v) is 1.26. The lowest BCUT2D eigenvalue weighted by atomic mass is 10.1. The topological polar surface area (TPSA) is 40.5 Å². The maximum absolute atomic E-state index is 7.62. The molecule has 0 aliphatic carbocycles. The molecule has 0 heterocycles. The lowest BCUT2D eigenvalue weighted by Crippen LogP contribution is -1.85. The van der Waals surface area contributed by atoms with Crippen molar-refractivity contribution in [2.24, 2.45) is 0 Å². The molecule has 17 heavy (non-hydrogen) atoms. The molecule has 0 fully saturated rings. The van der Waals surface area contributed by atoms with Gasteiger partial charge in [0.1, 0.15) is 0 Å². The first-order valence-electron chi connectivity index (χ1n) is 5.20. The zero-order chi connectivity index (χ0) is 11.6. The van der Waals surface area contributed by atoms with Crippen molar-refractivity contribution in [3.05, 3.63) is 60.7 Å². The highest BCUT2D eigenvalue weighted by Gasteiger charge is 1.91. The molecule has 0 bridgehead atoms. The molecule has 3 heteroatoms. The normalized spacial score (nSPS) is 8.59. The van der Waals surface area contributed by atoms with Gasteiger partial charge in [-0.3, -0.25) is 0 Å². The van der Waals surface area contributed by atoms with E-state index in [1.165, 1.54) is 11.1 Å². The number of hydrogen-bond donors (Lipinski definition) is 2. The molecule has 0 aromatic heterocycles. The van der Waals surface area contributed by atoms with Crippen LogP contribution in [0, 0.1) is 0 Å². The quantitative estimate of drug-likeness (QED) is 0.774. The van der Waals surface area contributed by atoms with Gasteiger partial charge in [-0.25, -0.2) is 0 Å². The van der Waals surface area contributed by atoms with E-state index < -0.39 is 0 Å². The molecule has 0 atom stereocenters. The number of hydrogen-bond acceptors (Lipinski definition) is 2. The number of aliphatic hydroxyl groups is 2. The van der Waals surface area contributed by atoms with E-state index in [0.717, 1.165) is 0 Å². The van der Waals surface area contributed by atoms with Crippen molar-refractivity contribution in [1.29, 1.82) is 0 Å². The van der Waals surface area contributed by atoms with Gasteiger partial charge in [0.15, 0.2) is 0 Å². The van der Waals surface area contributed by atoms with E-state index in [2.05, 4.69) is 48.5 Å². The molecule has 2 nitrogen and oxygen atoms in total. The van der Waals surface area contributed by atoms with E-state index >= 15 is 0 Å².